The number of aromatic nitrogens is 1. The first-order valence-electron chi connectivity index (χ1n) is 16.0. The van der Waals surface area contributed by atoms with Gasteiger partial charge >= 0.3 is 0 Å². The van der Waals surface area contributed by atoms with E-state index in [9.17, 15) is 10.5 Å². The molecule has 0 spiro atoms. The molecule has 0 aliphatic rings. The predicted molar refractivity (Wildman–Crippen MR) is 199 cm³/mol. The molecule has 8 aromatic rings. The number of hydrogen-bond acceptors (Lipinski definition) is 2. The van der Waals surface area contributed by atoms with Crippen molar-refractivity contribution in [1.29, 1.82) is 10.5 Å². The Balaban J connectivity index is 1.24. The van der Waals surface area contributed by atoms with Gasteiger partial charge in [0, 0.05) is 16.5 Å². The topological polar surface area (TPSA) is 52.5 Å². The van der Waals surface area contributed by atoms with Gasteiger partial charge in [0.05, 0.1) is 34.3 Å². The Bertz CT molecular complexity index is 2460. The molecule has 0 N–H and O–H groups in total. The van der Waals surface area contributed by atoms with Crippen molar-refractivity contribution in [2.45, 2.75) is 0 Å². The standard InChI is InChI=1S/C44H29N3Si/c45-30-32-10-9-15-40(28-32)48(37-11-3-1-4-12-37,38-13-5-2-6-14-38)39-25-21-35(22-26-39)34-19-23-36(24-20-34)47-43-17-8-7-16-41(43)42-29-33(31-46)18-27-44(42)47/h1-29H. The number of fused-ring (bicyclic) bond motifs is 3. The molecule has 1 heterocycles. The quantitative estimate of drug-likeness (QED) is 0.141. The molecule has 0 saturated carbocycles. The second-order valence-corrected chi connectivity index (χ2v) is 15.8. The van der Waals surface area contributed by atoms with Crippen molar-refractivity contribution in [3.63, 3.8) is 0 Å². The van der Waals surface area contributed by atoms with Crippen LogP contribution in [0.3, 0.4) is 0 Å². The van der Waals surface area contributed by atoms with Gasteiger partial charge in [-0.15, -0.1) is 0 Å². The normalized spacial score (nSPS) is 11.3. The summed E-state index contributed by atoms with van der Waals surface area (Å²) in [4.78, 5) is 0. The van der Waals surface area contributed by atoms with E-state index in [4.69, 9.17) is 0 Å². The van der Waals surface area contributed by atoms with Gasteiger partial charge in [-0.2, -0.15) is 10.5 Å². The average molecular weight is 628 g/mol. The van der Waals surface area contributed by atoms with Crippen molar-refractivity contribution in [1.82, 2.24) is 4.57 Å². The van der Waals surface area contributed by atoms with E-state index in [2.05, 4.69) is 156 Å². The van der Waals surface area contributed by atoms with Crippen molar-refractivity contribution in [2.75, 3.05) is 0 Å². The molecule has 3 nitrogen and oxygen atoms in total. The lowest BCUT2D eigenvalue weighted by molar-refractivity contribution is 1.18. The third-order valence-corrected chi connectivity index (χ3v) is 14.2. The van der Waals surface area contributed by atoms with Gasteiger partial charge in [0.15, 0.2) is 8.07 Å². The summed E-state index contributed by atoms with van der Waals surface area (Å²) in [5.74, 6) is 0. The molecule has 0 bridgehead atoms. The van der Waals surface area contributed by atoms with Gasteiger partial charge in [-0.1, -0.05) is 127 Å². The monoisotopic (exact) mass is 627 g/mol. The lowest BCUT2D eigenvalue weighted by Crippen LogP contribution is -2.74. The van der Waals surface area contributed by atoms with Crippen LogP contribution in [0.4, 0.5) is 0 Å². The molecule has 48 heavy (non-hydrogen) atoms. The lowest BCUT2D eigenvalue weighted by Gasteiger charge is -2.34. The van der Waals surface area contributed by atoms with Gasteiger partial charge in [0.1, 0.15) is 0 Å². The van der Waals surface area contributed by atoms with Gasteiger partial charge in [-0.3, -0.25) is 0 Å². The molecule has 0 fully saturated rings. The Hall–Kier alpha value is -6.46. The van der Waals surface area contributed by atoms with E-state index in [1.54, 1.807) is 0 Å². The summed E-state index contributed by atoms with van der Waals surface area (Å²) in [6.07, 6.45) is 0. The zero-order chi connectivity index (χ0) is 32.5. The van der Waals surface area contributed by atoms with Crippen LogP contribution in [0.15, 0.2) is 176 Å². The molecule has 0 aliphatic carbocycles. The minimum absolute atomic E-state index is 0.661. The molecule has 0 atom stereocenters. The van der Waals surface area contributed by atoms with E-state index in [1.165, 1.54) is 20.7 Å². The second kappa shape index (κ2) is 12.0. The number of rotatable bonds is 6. The third-order valence-electron chi connectivity index (χ3n) is 9.42. The molecular weight excluding hydrogens is 599 g/mol. The fourth-order valence-corrected chi connectivity index (χ4v) is 12.0. The highest BCUT2D eigenvalue weighted by Crippen LogP contribution is 2.33. The number of nitrogens with zero attached hydrogens (tertiary/aromatic N) is 3. The van der Waals surface area contributed by atoms with E-state index in [1.807, 2.05) is 36.4 Å². The van der Waals surface area contributed by atoms with Gasteiger partial charge in [-0.05, 0) is 80.4 Å². The number of para-hydroxylation sites is 1. The lowest BCUT2D eigenvalue weighted by atomic mass is 10.1. The predicted octanol–water partition coefficient (Wildman–Crippen LogP) is 7.57. The van der Waals surface area contributed by atoms with E-state index in [0.717, 1.165) is 38.6 Å². The Morgan fingerprint density at radius 3 is 1.56 bits per heavy atom. The molecule has 0 amide bonds. The fraction of sp³-hybridized carbons (Fsp3) is 0. The van der Waals surface area contributed by atoms with Crippen molar-refractivity contribution >= 4 is 50.6 Å². The Labute approximate surface area is 280 Å². The first kappa shape index (κ1) is 29.0. The van der Waals surface area contributed by atoms with E-state index in [-0.39, 0.29) is 0 Å². The van der Waals surface area contributed by atoms with Crippen LogP contribution in [0, 0.1) is 22.7 Å². The van der Waals surface area contributed by atoms with Gasteiger partial charge in [0.2, 0.25) is 0 Å². The Kier molecular flexibility index (Phi) is 7.27. The van der Waals surface area contributed by atoms with Crippen LogP contribution in [0.25, 0.3) is 38.6 Å². The molecule has 0 unspecified atom stereocenters. The van der Waals surface area contributed by atoms with E-state index < -0.39 is 8.07 Å². The molecule has 8 rings (SSSR count). The summed E-state index contributed by atoms with van der Waals surface area (Å²) in [5, 5.41) is 26.6. The third kappa shape index (κ3) is 4.72. The van der Waals surface area contributed by atoms with Crippen molar-refractivity contribution in [3.05, 3.63) is 187 Å². The minimum Gasteiger partial charge on any atom is -0.309 e. The SMILES string of the molecule is N#Cc1cccc([Si](c2ccccc2)(c2ccccc2)c2ccc(-c3ccc(-n4c5ccccc5c5cc(C#N)ccc54)cc3)cc2)c1. The fourth-order valence-electron chi connectivity index (χ4n) is 7.23. The van der Waals surface area contributed by atoms with Crippen LogP contribution < -0.4 is 20.7 Å². The second-order valence-electron chi connectivity index (χ2n) is 12.0. The average Bonchev–Trinajstić information content (AvgIpc) is 3.50. The van der Waals surface area contributed by atoms with E-state index >= 15 is 0 Å². The highest BCUT2D eigenvalue weighted by atomic mass is 28.3. The zero-order valence-electron chi connectivity index (χ0n) is 26.1. The van der Waals surface area contributed by atoms with Crippen LogP contribution in [0.5, 0.6) is 0 Å². The Morgan fingerprint density at radius 1 is 0.396 bits per heavy atom. The summed E-state index contributed by atoms with van der Waals surface area (Å²) >= 11 is 0. The summed E-state index contributed by atoms with van der Waals surface area (Å²) in [7, 11) is -2.75. The van der Waals surface area contributed by atoms with Crippen LogP contribution in [0.1, 0.15) is 11.1 Å². The summed E-state index contributed by atoms with van der Waals surface area (Å²) in [6.45, 7) is 0. The minimum atomic E-state index is -2.75. The molecule has 0 radical (unpaired) electrons. The van der Waals surface area contributed by atoms with Crippen molar-refractivity contribution < 1.29 is 0 Å². The first-order chi connectivity index (χ1) is 23.7. The van der Waals surface area contributed by atoms with Crippen LogP contribution in [0.2, 0.25) is 0 Å². The smallest absolute Gasteiger partial charge is 0.179 e. The van der Waals surface area contributed by atoms with Crippen molar-refractivity contribution in [3.8, 4) is 29.0 Å². The highest BCUT2D eigenvalue weighted by molar-refractivity contribution is 7.19. The zero-order valence-corrected chi connectivity index (χ0v) is 27.1. The molecule has 0 aliphatic heterocycles. The summed E-state index contributed by atoms with van der Waals surface area (Å²) in [6, 6.07) is 66.4. The molecule has 224 valence electrons. The van der Waals surface area contributed by atoms with Crippen LogP contribution in [-0.4, -0.2) is 12.6 Å². The van der Waals surface area contributed by atoms with Crippen LogP contribution >= 0.6 is 0 Å². The molecule has 0 saturated heterocycles. The van der Waals surface area contributed by atoms with Gasteiger partial charge in [-0.25, -0.2) is 0 Å². The molecular formula is C44H29N3Si. The number of hydrogen-bond donors (Lipinski definition) is 0. The summed E-state index contributed by atoms with van der Waals surface area (Å²) < 4.78 is 2.27. The first-order valence-corrected chi connectivity index (χ1v) is 18.0. The molecule has 4 heteroatoms. The van der Waals surface area contributed by atoms with Crippen molar-refractivity contribution in [2.24, 2.45) is 0 Å². The Morgan fingerprint density at radius 2 is 0.917 bits per heavy atom. The van der Waals surface area contributed by atoms with Gasteiger partial charge < -0.3 is 4.57 Å². The largest absolute Gasteiger partial charge is 0.309 e. The number of benzene rings is 7. The van der Waals surface area contributed by atoms with Gasteiger partial charge in [0.25, 0.3) is 0 Å². The highest BCUT2D eigenvalue weighted by Gasteiger charge is 2.41. The number of nitriles is 2. The maximum Gasteiger partial charge on any atom is 0.179 e. The molecule has 1 aromatic heterocycles. The summed E-state index contributed by atoms with van der Waals surface area (Å²) in [5.41, 5.74) is 6.87. The maximum atomic E-state index is 9.86. The molecule has 7 aromatic carbocycles. The van der Waals surface area contributed by atoms with Crippen LogP contribution in [-0.2, 0) is 0 Å². The van der Waals surface area contributed by atoms with E-state index in [0.29, 0.717) is 11.1 Å². The maximum absolute atomic E-state index is 9.86.